The van der Waals surface area contributed by atoms with Gasteiger partial charge in [0.25, 0.3) is 0 Å². The van der Waals surface area contributed by atoms with Crippen molar-refractivity contribution < 1.29 is 14.3 Å². The standard InChI is InChI=1S/C12H20O3/c1-2-3-12(14)15-9-11-6-4-10(8-13)5-7-11/h8,10-11H,2-7,9H2,1H3. The fraction of sp³-hybridized carbons (Fsp3) is 0.833. The molecule has 0 aromatic carbocycles. The summed E-state index contributed by atoms with van der Waals surface area (Å²) >= 11 is 0. The van der Waals surface area contributed by atoms with Crippen LogP contribution in [0.25, 0.3) is 0 Å². The van der Waals surface area contributed by atoms with Gasteiger partial charge in [0.1, 0.15) is 6.29 Å². The van der Waals surface area contributed by atoms with Crippen LogP contribution in [0.3, 0.4) is 0 Å². The molecule has 1 aliphatic carbocycles. The van der Waals surface area contributed by atoms with E-state index in [4.69, 9.17) is 4.74 Å². The molecule has 0 spiro atoms. The molecule has 3 nitrogen and oxygen atoms in total. The van der Waals surface area contributed by atoms with E-state index in [1.807, 2.05) is 6.92 Å². The molecule has 1 saturated carbocycles. The van der Waals surface area contributed by atoms with Gasteiger partial charge in [-0.1, -0.05) is 6.92 Å². The molecular weight excluding hydrogens is 192 g/mol. The molecule has 0 aromatic rings. The first-order valence-electron chi connectivity index (χ1n) is 5.87. The van der Waals surface area contributed by atoms with Crippen molar-refractivity contribution in [3.8, 4) is 0 Å². The molecule has 0 saturated heterocycles. The molecule has 3 heteroatoms. The third-order valence-electron chi connectivity index (χ3n) is 3.02. The highest BCUT2D eigenvalue weighted by atomic mass is 16.5. The quantitative estimate of drug-likeness (QED) is 0.519. The molecule has 15 heavy (non-hydrogen) atoms. The smallest absolute Gasteiger partial charge is 0.305 e. The number of carbonyl (C=O) groups excluding carboxylic acids is 2. The van der Waals surface area contributed by atoms with E-state index in [9.17, 15) is 9.59 Å². The summed E-state index contributed by atoms with van der Waals surface area (Å²) in [5.74, 6) is 0.629. The molecule has 1 rings (SSSR count). The van der Waals surface area contributed by atoms with Gasteiger partial charge in [0, 0.05) is 12.3 Å². The third kappa shape index (κ3) is 4.45. The van der Waals surface area contributed by atoms with Crippen LogP contribution >= 0.6 is 0 Å². The van der Waals surface area contributed by atoms with Crippen molar-refractivity contribution in [3.63, 3.8) is 0 Å². The number of aldehydes is 1. The number of ether oxygens (including phenoxy) is 1. The summed E-state index contributed by atoms with van der Waals surface area (Å²) < 4.78 is 5.16. The Morgan fingerprint density at radius 3 is 2.53 bits per heavy atom. The van der Waals surface area contributed by atoms with Crippen molar-refractivity contribution in [3.05, 3.63) is 0 Å². The van der Waals surface area contributed by atoms with Gasteiger partial charge >= 0.3 is 5.97 Å². The largest absolute Gasteiger partial charge is 0.465 e. The summed E-state index contributed by atoms with van der Waals surface area (Å²) in [7, 11) is 0. The van der Waals surface area contributed by atoms with Crippen LogP contribution in [0.5, 0.6) is 0 Å². The maximum Gasteiger partial charge on any atom is 0.305 e. The highest BCUT2D eigenvalue weighted by molar-refractivity contribution is 5.69. The Bertz CT molecular complexity index is 205. The first-order valence-corrected chi connectivity index (χ1v) is 5.87. The summed E-state index contributed by atoms with van der Waals surface area (Å²) in [6, 6.07) is 0. The average Bonchev–Trinajstić information content (AvgIpc) is 2.27. The number of hydrogen-bond acceptors (Lipinski definition) is 3. The lowest BCUT2D eigenvalue weighted by Gasteiger charge is -2.24. The van der Waals surface area contributed by atoms with Crippen LogP contribution in [0.1, 0.15) is 45.4 Å². The van der Waals surface area contributed by atoms with Crippen LogP contribution in [-0.2, 0) is 14.3 Å². The molecule has 0 unspecified atom stereocenters. The lowest BCUT2D eigenvalue weighted by atomic mass is 9.83. The normalized spacial score (nSPS) is 25.9. The zero-order valence-electron chi connectivity index (χ0n) is 9.41. The Balaban J connectivity index is 2.13. The highest BCUT2D eigenvalue weighted by Crippen LogP contribution is 2.27. The van der Waals surface area contributed by atoms with Crippen molar-refractivity contribution in [2.24, 2.45) is 11.8 Å². The lowest BCUT2D eigenvalue weighted by Crippen LogP contribution is -2.21. The number of hydrogen-bond donors (Lipinski definition) is 0. The molecule has 0 heterocycles. The van der Waals surface area contributed by atoms with Crippen LogP contribution < -0.4 is 0 Å². The first-order chi connectivity index (χ1) is 7.26. The second-order valence-electron chi connectivity index (χ2n) is 4.35. The van der Waals surface area contributed by atoms with Crippen molar-refractivity contribution in [2.45, 2.75) is 45.4 Å². The Morgan fingerprint density at radius 2 is 2.00 bits per heavy atom. The maximum atomic E-state index is 11.1. The van der Waals surface area contributed by atoms with Crippen LogP contribution in [0.15, 0.2) is 0 Å². The van der Waals surface area contributed by atoms with Gasteiger partial charge < -0.3 is 9.53 Å². The van der Waals surface area contributed by atoms with Crippen molar-refractivity contribution in [1.82, 2.24) is 0 Å². The van der Waals surface area contributed by atoms with Gasteiger partial charge in [-0.15, -0.1) is 0 Å². The monoisotopic (exact) mass is 212 g/mol. The lowest BCUT2D eigenvalue weighted by molar-refractivity contribution is -0.145. The fourth-order valence-electron chi connectivity index (χ4n) is 1.98. The van der Waals surface area contributed by atoms with Gasteiger partial charge in [-0.3, -0.25) is 4.79 Å². The van der Waals surface area contributed by atoms with Gasteiger partial charge in [0.15, 0.2) is 0 Å². The van der Waals surface area contributed by atoms with E-state index in [-0.39, 0.29) is 11.9 Å². The van der Waals surface area contributed by atoms with Crippen molar-refractivity contribution >= 4 is 12.3 Å². The van der Waals surface area contributed by atoms with E-state index in [0.717, 1.165) is 38.4 Å². The van der Waals surface area contributed by atoms with Crippen LogP contribution in [0.2, 0.25) is 0 Å². The summed E-state index contributed by atoms with van der Waals surface area (Å²) in [5.41, 5.74) is 0. The van der Waals surface area contributed by atoms with E-state index in [1.54, 1.807) is 0 Å². The van der Waals surface area contributed by atoms with Crippen LogP contribution in [0, 0.1) is 11.8 Å². The molecule has 0 bridgehead atoms. The van der Waals surface area contributed by atoms with Gasteiger partial charge in [-0.05, 0) is 38.0 Å². The van der Waals surface area contributed by atoms with Gasteiger partial charge in [-0.2, -0.15) is 0 Å². The second kappa shape index (κ2) is 6.59. The Kier molecular flexibility index (Phi) is 5.37. The predicted octanol–water partition coefficient (Wildman–Crippen LogP) is 2.33. The summed E-state index contributed by atoms with van der Waals surface area (Å²) in [5, 5.41) is 0. The van der Waals surface area contributed by atoms with E-state index < -0.39 is 0 Å². The van der Waals surface area contributed by atoms with Crippen LogP contribution in [0.4, 0.5) is 0 Å². The Labute approximate surface area is 91.2 Å². The van der Waals surface area contributed by atoms with Gasteiger partial charge in [0.05, 0.1) is 6.61 Å². The Morgan fingerprint density at radius 1 is 1.33 bits per heavy atom. The minimum absolute atomic E-state index is 0.0880. The molecule has 1 fully saturated rings. The minimum Gasteiger partial charge on any atom is -0.465 e. The highest BCUT2D eigenvalue weighted by Gasteiger charge is 2.21. The SMILES string of the molecule is CCCC(=O)OCC1CCC(C=O)CC1. The minimum atomic E-state index is -0.0880. The van der Waals surface area contributed by atoms with Crippen molar-refractivity contribution in [1.29, 1.82) is 0 Å². The van der Waals surface area contributed by atoms with Crippen molar-refractivity contribution in [2.75, 3.05) is 6.61 Å². The van der Waals surface area contributed by atoms with Gasteiger partial charge in [-0.25, -0.2) is 0 Å². The molecule has 0 atom stereocenters. The maximum absolute atomic E-state index is 11.1. The van der Waals surface area contributed by atoms with E-state index in [2.05, 4.69) is 0 Å². The molecule has 1 aliphatic rings. The number of carbonyl (C=O) groups is 2. The van der Waals surface area contributed by atoms with Crippen LogP contribution in [-0.4, -0.2) is 18.9 Å². The molecule has 0 N–H and O–H groups in total. The Hall–Kier alpha value is -0.860. The topological polar surface area (TPSA) is 43.4 Å². The summed E-state index contributed by atoms with van der Waals surface area (Å²) in [4.78, 5) is 21.7. The van der Waals surface area contributed by atoms with E-state index in [0.29, 0.717) is 18.9 Å². The second-order valence-corrected chi connectivity index (χ2v) is 4.35. The molecule has 0 amide bonds. The summed E-state index contributed by atoms with van der Waals surface area (Å²) in [6.07, 6.45) is 6.37. The van der Waals surface area contributed by atoms with E-state index in [1.165, 1.54) is 0 Å². The molecule has 86 valence electrons. The summed E-state index contributed by atoms with van der Waals surface area (Å²) in [6.45, 7) is 2.51. The average molecular weight is 212 g/mol. The molecule has 0 radical (unpaired) electrons. The zero-order chi connectivity index (χ0) is 11.1. The fourth-order valence-corrected chi connectivity index (χ4v) is 1.98. The number of rotatable bonds is 5. The molecular formula is C12H20O3. The predicted molar refractivity (Wildman–Crippen MR) is 57.4 cm³/mol. The molecule has 0 aromatic heterocycles. The van der Waals surface area contributed by atoms with E-state index >= 15 is 0 Å². The zero-order valence-corrected chi connectivity index (χ0v) is 9.41. The van der Waals surface area contributed by atoms with Gasteiger partial charge in [0.2, 0.25) is 0 Å². The number of esters is 1. The molecule has 0 aliphatic heterocycles. The first kappa shape index (κ1) is 12.2. The third-order valence-corrected chi connectivity index (χ3v) is 3.02.